The Morgan fingerprint density at radius 2 is 1.89 bits per heavy atom. The van der Waals surface area contributed by atoms with E-state index in [2.05, 4.69) is 4.74 Å². The maximum Gasteiger partial charge on any atom is 0.692 e. The Hall–Kier alpha value is -0.0600. The molecule has 0 amide bonds. The topological polar surface area (TPSA) is 87.0 Å². The van der Waals surface area contributed by atoms with E-state index < -0.39 is 8.25 Å². The summed E-state index contributed by atoms with van der Waals surface area (Å²) in [5.41, 5.74) is 0. The van der Waals surface area contributed by atoms with Crippen molar-refractivity contribution in [2.75, 3.05) is 20.3 Å². The summed E-state index contributed by atoms with van der Waals surface area (Å²) in [5, 5.41) is 7.94. The monoisotopic (exact) mass is 157 g/mol. The molecule has 0 unspecified atom stereocenters. The molecule has 0 saturated carbocycles. The average molecular weight is 157 g/mol. The molecule has 0 atom stereocenters. The highest BCUT2D eigenvalue weighted by Crippen LogP contribution is 1.98. The highest BCUT2D eigenvalue weighted by atomic mass is 31.1. The Morgan fingerprint density at radius 1 is 1.56 bits per heavy atom. The van der Waals surface area contributed by atoms with Gasteiger partial charge in [0.15, 0.2) is 0 Å². The van der Waals surface area contributed by atoms with E-state index in [1.54, 1.807) is 7.11 Å². The van der Waals surface area contributed by atoms with Crippen molar-refractivity contribution in [1.29, 1.82) is 0 Å². The molecular weight excluding hydrogens is 147 g/mol. The maximum atomic E-state index is 8.70. The van der Waals surface area contributed by atoms with E-state index in [1.165, 1.54) is 0 Å². The molecule has 5 nitrogen and oxygen atoms in total. The van der Waals surface area contributed by atoms with E-state index in [0.29, 0.717) is 6.61 Å². The predicted octanol–water partition coefficient (Wildman–Crippen LogP) is -0.746. The van der Waals surface area contributed by atoms with Gasteiger partial charge in [-0.25, -0.2) is 0 Å². The quantitative estimate of drug-likeness (QED) is 0.459. The van der Waals surface area contributed by atoms with Crippen LogP contribution in [-0.4, -0.2) is 35.2 Å². The van der Waals surface area contributed by atoms with Gasteiger partial charge in [-0.1, -0.05) is 0 Å². The average Bonchev–Trinajstić information content (AvgIpc) is 1.66. The Kier molecular flexibility index (Phi) is 14.1. The molecule has 0 bridgehead atoms. The van der Waals surface area contributed by atoms with Gasteiger partial charge in [0, 0.05) is 11.7 Å². The summed E-state index contributed by atoms with van der Waals surface area (Å²) < 4.78 is 13.1. The van der Waals surface area contributed by atoms with Gasteiger partial charge in [0.1, 0.15) is 0 Å². The van der Waals surface area contributed by atoms with Crippen molar-refractivity contribution < 1.29 is 24.2 Å². The zero-order valence-electron chi connectivity index (χ0n) is 5.02. The van der Waals surface area contributed by atoms with E-state index in [0.717, 1.165) is 0 Å². The molecule has 56 valence electrons. The lowest BCUT2D eigenvalue weighted by atomic mass is 10.8. The van der Waals surface area contributed by atoms with E-state index in [4.69, 9.17) is 19.5 Å². The number of rotatable bonds is 2. The second kappa shape index (κ2) is 10.8. The molecule has 0 aliphatic heterocycles. The molecule has 0 aliphatic carbocycles. The minimum atomic E-state index is -2.87. The summed E-state index contributed by atoms with van der Waals surface area (Å²) in [6, 6.07) is 0. The first-order valence-electron chi connectivity index (χ1n) is 2.10. The largest absolute Gasteiger partial charge is 0.692 e. The van der Waals surface area contributed by atoms with Gasteiger partial charge in [0.25, 0.3) is 0 Å². The van der Waals surface area contributed by atoms with Crippen molar-refractivity contribution in [3.05, 3.63) is 0 Å². The highest BCUT2D eigenvalue weighted by Gasteiger charge is 1.93. The van der Waals surface area contributed by atoms with Crippen molar-refractivity contribution in [2.45, 2.75) is 0 Å². The molecule has 0 rings (SSSR count). The van der Waals surface area contributed by atoms with Crippen LogP contribution in [0.5, 0.6) is 0 Å². The number of aliphatic hydroxyl groups is 1. The molecule has 0 aliphatic rings. The standard InChI is InChI=1S/C3H8O2.HO3P/c1-5-3-2-4;1-4(2)3/h4H,2-3H2,1H3;(H-,1,2,3)/p+1. The fourth-order valence-corrected chi connectivity index (χ4v) is 0.0913. The van der Waals surface area contributed by atoms with E-state index >= 15 is 0 Å². The molecule has 0 aromatic carbocycles. The second-order valence-corrected chi connectivity index (χ2v) is 1.47. The third-order valence-electron chi connectivity index (χ3n) is 0.295. The Labute approximate surface area is 53.8 Å². The van der Waals surface area contributed by atoms with Crippen molar-refractivity contribution in [2.24, 2.45) is 0 Å². The van der Waals surface area contributed by atoms with Crippen LogP contribution in [0.2, 0.25) is 0 Å². The first-order valence-corrected chi connectivity index (χ1v) is 3.26. The predicted molar refractivity (Wildman–Crippen MR) is 31.0 cm³/mol. The molecule has 0 fully saturated rings. The number of aliphatic hydroxyl groups excluding tert-OH is 1. The normalized spacial score (nSPS) is 7.56. The molecule has 6 heteroatoms. The molecule has 0 heterocycles. The first kappa shape index (κ1) is 11.7. The van der Waals surface area contributed by atoms with Crippen molar-refractivity contribution in [3.8, 4) is 0 Å². The SMILES string of the molecule is COCCO.O=[P+](O)O. The summed E-state index contributed by atoms with van der Waals surface area (Å²) in [5.74, 6) is 0. The maximum absolute atomic E-state index is 8.70. The van der Waals surface area contributed by atoms with Gasteiger partial charge < -0.3 is 9.84 Å². The third kappa shape index (κ3) is 74.4. The summed E-state index contributed by atoms with van der Waals surface area (Å²) in [6.45, 7) is 0.566. The van der Waals surface area contributed by atoms with Crippen LogP contribution in [0.4, 0.5) is 0 Å². The van der Waals surface area contributed by atoms with Crippen LogP contribution in [0.1, 0.15) is 0 Å². The molecule has 0 aromatic heterocycles. The molecule has 3 N–H and O–H groups in total. The zero-order valence-corrected chi connectivity index (χ0v) is 5.91. The summed E-state index contributed by atoms with van der Waals surface area (Å²) >= 11 is 0. The van der Waals surface area contributed by atoms with Crippen LogP contribution in [0.3, 0.4) is 0 Å². The minimum Gasteiger partial charge on any atom is -0.394 e. The molecule has 0 saturated heterocycles. The Balaban J connectivity index is 0. The Bertz CT molecular complexity index is 59.2. The third-order valence-corrected chi connectivity index (χ3v) is 0.295. The summed E-state index contributed by atoms with van der Waals surface area (Å²) in [6.07, 6.45) is 0. The van der Waals surface area contributed by atoms with E-state index in [1.807, 2.05) is 0 Å². The zero-order chi connectivity index (χ0) is 7.70. The minimum absolute atomic E-state index is 0.122. The lowest BCUT2D eigenvalue weighted by Crippen LogP contribution is -1.91. The van der Waals surface area contributed by atoms with Crippen LogP contribution in [0.15, 0.2) is 0 Å². The van der Waals surface area contributed by atoms with Gasteiger partial charge in [-0.2, -0.15) is 0 Å². The van der Waals surface area contributed by atoms with Crippen molar-refractivity contribution in [3.63, 3.8) is 0 Å². The van der Waals surface area contributed by atoms with Gasteiger partial charge in [-0.15, -0.1) is 9.79 Å². The van der Waals surface area contributed by atoms with Crippen LogP contribution >= 0.6 is 8.25 Å². The van der Waals surface area contributed by atoms with Gasteiger partial charge in [0.05, 0.1) is 13.2 Å². The Morgan fingerprint density at radius 3 is 1.89 bits per heavy atom. The molecular formula is C3H10O5P+. The molecule has 0 radical (unpaired) electrons. The van der Waals surface area contributed by atoms with Gasteiger partial charge in [-0.05, 0) is 0 Å². The van der Waals surface area contributed by atoms with Gasteiger partial charge in [0.2, 0.25) is 0 Å². The number of ether oxygens (including phenoxy) is 1. The summed E-state index contributed by atoms with van der Waals surface area (Å²) in [7, 11) is -1.32. The number of methoxy groups -OCH3 is 1. The fraction of sp³-hybridized carbons (Fsp3) is 1.00. The van der Waals surface area contributed by atoms with Crippen molar-refractivity contribution >= 4 is 8.25 Å². The molecule has 0 spiro atoms. The lowest BCUT2D eigenvalue weighted by molar-refractivity contribution is 0.135. The van der Waals surface area contributed by atoms with E-state index in [-0.39, 0.29) is 6.61 Å². The van der Waals surface area contributed by atoms with Crippen LogP contribution in [-0.2, 0) is 9.30 Å². The van der Waals surface area contributed by atoms with Crippen molar-refractivity contribution in [1.82, 2.24) is 0 Å². The van der Waals surface area contributed by atoms with Gasteiger partial charge in [-0.3, -0.25) is 0 Å². The van der Waals surface area contributed by atoms with Crippen LogP contribution < -0.4 is 0 Å². The number of hydrogen-bond donors (Lipinski definition) is 3. The van der Waals surface area contributed by atoms with Crippen LogP contribution in [0.25, 0.3) is 0 Å². The smallest absolute Gasteiger partial charge is 0.394 e. The highest BCUT2D eigenvalue weighted by molar-refractivity contribution is 7.30. The lowest BCUT2D eigenvalue weighted by Gasteiger charge is -1.84. The number of hydrogen-bond acceptors (Lipinski definition) is 3. The second-order valence-electron chi connectivity index (χ2n) is 0.969. The first-order chi connectivity index (χ1) is 4.15. The fourth-order valence-electron chi connectivity index (χ4n) is 0.0913. The van der Waals surface area contributed by atoms with E-state index in [9.17, 15) is 0 Å². The summed E-state index contributed by atoms with van der Waals surface area (Å²) in [4.78, 5) is 14.2. The van der Waals surface area contributed by atoms with Gasteiger partial charge >= 0.3 is 8.25 Å². The molecule has 9 heavy (non-hydrogen) atoms. The molecule has 0 aromatic rings. The van der Waals surface area contributed by atoms with Crippen LogP contribution in [0, 0.1) is 0 Å².